The van der Waals surface area contributed by atoms with Crippen LogP contribution < -0.4 is 5.32 Å². The molecule has 2 saturated carbocycles. The zero-order valence-corrected chi connectivity index (χ0v) is 14.0. The number of hydrogen-bond donors (Lipinski definition) is 1. The number of fused-ring (bicyclic) bond motifs is 2. The van der Waals surface area contributed by atoms with Crippen molar-refractivity contribution >= 4 is 17.4 Å². The van der Waals surface area contributed by atoms with Crippen LogP contribution in [-0.2, 0) is 16.0 Å². The quantitative estimate of drug-likeness (QED) is 0.877. The van der Waals surface area contributed by atoms with E-state index >= 15 is 0 Å². The maximum atomic E-state index is 12.5. The van der Waals surface area contributed by atoms with E-state index in [1.807, 2.05) is 12.1 Å². The number of Topliss-reactive ketones (excluding diaryl/α,β-unsaturated/α-hetero) is 1. The lowest BCUT2D eigenvalue weighted by Crippen LogP contribution is -2.40. The van der Waals surface area contributed by atoms with Gasteiger partial charge in [-0.2, -0.15) is 0 Å². The molecule has 3 heteroatoms. The summed E-state index contributed by atoms with van der Waals surface area (Å²) in [6, 6.07) is 8.20. The Balaban J connectivity index is 1.57. The fourth-order valence-corrected chi connectivity index (χ4v) is 4.07. The standard InChI is InChI=1S/C20H27NO2/c1-2-3-5-14-8-10-18(11-9-14)21-20(23)17-12-15-6-4-7-16(13-17)19(15)22/h8-11,15-17H,2-7,12-13H2,1H3,(H,21,23)/t15-,16-/m1/s1. The number of ketones is 1. The Morgan fingerprint density at radius 2 is 1.78 bits per heavy atom. The van der Waals surface area contributed by atoms with Crippen LogP contribution >= 0.6 is 0 Å². The van der Waals surface area contributed by atoms with Crippen LogP contribution in [0.3, 0.4) is 0 Å². The van der Waals surface area contributed by atoms with Gasteiger partial charge in [0.25, 0.3) is 0 Å². The maximum absolute atomic E-state index is 12.5. The second-order valence-electron chi connectivity index (χ2n) is 7.19. The zero-order valence-electron chi connectivity index (χ0n) is 14.0. The molecule has 2 fully saturated rings. The monoisotopic (exact) mass is 313 g/mol. The van der Waals surface area contributed by atoms with Crippen LogP contribution in [0.15, 0.2) is 24.3 Å². The van der Waals surface area contributed by atoms with Crippen molar-refractivity contribution in [3.63, 3.8) is 0 Å². The average molecular weight is 313 g/mol. The molecule has 0 unspecified atom stereocenters. The molecule has 0 heterocycles. The third-order valence-corrected chi connectivity index (χ3v) is 5.46. The fraction of sp³-hybridized carbons (Fsp3) is 0.600. The normalized spacial score (nSPS) is 26.8. The van der Waals surface area contributed by atoms with Crippen molar-refractivity contribution in [1.29, 1.82) is 0 Å². The van der Waals surface area contributed by atoms with Crippen LogP contribution in [0.5, 0.6) is 0 Å². The highest BCUT2D eigenvalue weighted by atomic mass is 16.2. The van der Waals surface area contributed by atoms with Gasteiger partial charge in [0.1, 0.15) is 5.78 Å². The van der Waals surface area contributed by atoms with E-state index in [9.17, 15) is 9.59 Å². The van der Waals surface area contributed by atoms with Gasteiger partial charge in [-0.15, -0.1) is 0 Å². The Morgan fingerprint density at radius 3 is 2.39 bits per heavy atom. The molecule has 1 N–H and O–H groups in total. The molecule has 2 bridgehead atoms. The van der Waals surface area contributed by atoms with Gasteiger partial charge in [0.2, 0.25) is 5.91 Å². The number of unbranched alkanes of at least 4 members (excludes halogenated alkanes) is 1. The first-order chi connectivity index (χ1) is 11.2. The number of rotatable bonds is 5. The van der Waals surface area contributed by atoms with Crippen molar-refractivity contribution < 1.29 is 9.59 Å². The number of carbonyl (C=O) groups excluding carboxylic acids is 2. The van der Waals surface area contributed by atoms with E-state index in [0.717, 1.165) is 44.2 Å². The molecule has 2 aliphatic carbocycles. The summed E-state index contributed by atoms with van der Waals surface area (Å²) in [6.07, 6.45) is 8.08. The highest BCUT2D eigenvalue weighted by Gasteiger charge is 2.41. The summed E-state index contributed by atoms with van der Waals surface area (Å²) >= 11 is 0. The molecule has 3 nitrogen and oxygen atoms in total. The molecule has 3 rings (SSSR count). The van der Waals surface area contributed by atoms with Gasteiger partial charge < -0.3 is 5.32 Å². The summed E-state index contributed by atoms with van der Waals surface area (Å²) in [5.41, 5.74) is 2.19. The molecule has 0 radical (unpaired) electrons. The molecular formula is C20H27NO2. The Morgan fingerprint density at radius 1 is 1.13 bits per heavy atom. The van der Waals surface area contributed by atoms with Crippen molar-refractivity contribution in [2.45, 2.75) is 58.3 Å². The van der Waals surface area contributed by atoms with E-state index in [-0.39, 0.29) is 23.7 Å². The van der Waals surface area contributed by atoms with Gasteiger partial charge in [0.15, 0.2) is 0 Å². The lowest BCUT2D eigenvalue weighted by molar-refractivity contribution is -0.136. The minimum absolute atomic E-state index is 0.00256. The van der Waals surface area contributed by atoms with Crippen molar-refractivity contribution in [3.05, 3.63) is 29.8 Å². The van der Waals surface area contributed by atoms with E-state index in [2.05, 4.69) is 24.4 Å². The topological polar surface area (TPSA) is 46.2 Å². The summed E-state index contributed by atoms with van der Waals surface area (Å²) < 4.78 is 0. The fourth-order valence-electron chi connectivity index (χ4n) is 4.07. The first-order valence-corrected chi connectivity index (χ1v) is 9.11. The smallest absolute Gasteiger partial charge is 0.227 e. The zero-order chi connectivity index (χ0) is 16.2. The van der Waals surface area contributed by atoms with Crippen molar-refractivity contribution in [3.8, 4) is 0 Å². The number of benzene rings is 1. The number of carbonyl (C=O) groups is 2. The Bertz CT molecular complexity index is 548. The third kappa shape index (κ3) is 3.82. The van der Waals surface area contributed by atoms with Crippen LogP contribution in [0, 0.1) is 17.8 Å². The number of hydrogen-bond acceptors (Lipinski definition) is 2. The molecule has 2 atom stereocenters. The Kier molecular flexibility index (Phi) is 5.14. The summed E-state index contributed by atoms with van der Waals surface area (Å²) in [4.78, 5) is 24.7. The lowest BCUT2D eigenvalue weighted by Gasteiger charge is -2.36. The summed E-state index contributed by atoms with van der Waals surface area (Å²) in [5, 5.41) is 3.05. The number of anilines is 1. The molecule has 0 aliphatic heterocycles. The highest BCUT2D eigenvalue weighted by Crippen LogP contribution is 2.40. The molecule has 1 aromatic carbocycles. The van der Waals surface area contributed by atoms with Crippen LogP contribution in [0.25, 0.3) is 0 Å². The predicted octanol–water partition coefficient (Wildman–Crippen LogP) is 4.36. The van der Waals surface area contributed by atoms with Crippen molar-refractivity contribution in [1.82, 2.24) is 0 Å². The summed E-state index contributed by atoms with van der Waals surface area (Å²) in [6.45, 7) is 2.19. The second-order valence-corrected chi connectivity index (χ2v) is 7.19. The first-order valence-electron chi connectivity index (χ1n) is 9.11. The largest absolute Gasteiger partial charge is 0.326 e. The maximum Gasteiger partial charge on any atom is 0.227 e. The van der Waals surface area contributed by atoms with Gasteiger partial charge in [-0.05, 0) is 56.2 Å². The SMILES string of the molecule is CCCCc1ccc(NC(=O)C2C[C@H]3CCC[C@H](C2)C3=O)cc1. The van der Waals surface area contributed by atoms with Crippen LogP contribution in [0.2, 0.25) is 0 Å². The third-order valence-electron chi connectivity index (χ3n) is 5.46. The van der Waals surface area contributed by atoms with Gasteiger partial charge in [-0.3, -0.25) is 9.59 Å². The van der Waals surface area contributed by atoms with Gasteiger partial charge in [-0.25, -0.2) is 0 Å². The Hall–Kier alpha value is -1.64. The van der Waals surface area contributed by atoms with Gasteiger partial charge >= 0.3 is 0 Å². The average Bonchev–Trinajstić information content (AvgIpc) is 2.54. The Labute approximate surface area is 138 Å². The van der Waals surface area contributed by atoms with Gasteiger partial charge in [-0.1, -0.05) is 31.9 Å². The van der Waals surface area contributed by atoms with E-state index in [1.54, 1.807) is 0 Å². The molecule has 23 heavy (non-hydrogen) atoms. The minimum Gasteiger partial charge on any atom is -0.326 e. The van der Waals surface area contributed by atoms with Gasteiger partial charge in [0.05, 0.1) is 0 Å². The highest BCUT2D eigenvalue weighted by molar-refractivity contribution is 5.95. The van der Waals surface area contributed by atoms with Crippen LogP contribution in [-0.4, -0.2) is 11.7 Å². The van der Waals surface area contributed by atoms with Crippen molar-refractivity contribution in [2.24, 2.45) is 17.8 Å². The molecule has 2 aliphatic rings. The van der Waals surface area contributed by atoms with E-state index in [1.165, 1.54) is 18.4 Å². The number of nitrogens with one attached hydrogen (secondary N) is 1. The van der Waals surface area contributed by atoms with E-state index in [4.69, 9.17) is 0 Å². The molecule has 0 aromatic heterocycles. The summed E-state index contributed by atoms with van der Waals surface area (Å²) in [7, 11) is 0. The van der Waals surface area contributed by atoms with E-state index in [0.29, 0.717) is 5.78 Å². The van der Waals surface area contributed by atoms with Crippen LogP contribution in [0.4, 0.5) is 5.69 Å². The lowest BCUT2D eigenvalue weighted by atomic mass is 9.67. The molecule has 0 spiro atoms. The molecule has 1 amide bonds. The molecule has 124 valence electrons. The molecule has 0 saturated heterocycles. The summed E-state index contributed by atoms with van der Waals surface area (Å²) in [5.74, 6) is 0.781. The second kappa shape index (κ2) is 7.29. The van der Waals surface area contributed by atoms with Crippen molar-refractivity contribution in [2.75, 3.05) is 5.32 Å². The predicted molar refractivity (Wildman–Crippen MR) is 92.2 cm³/mol. The number of amides is 1. The molecule has 1 aromatic rings. The van der Waals surface area contributed by atoms with Gasteiger partial charge in [0, 0.05) is 23.4 Å². The first kappa shape index (κ1) is 16.2. The molecular weight excluding hydrogens is 286 g/mol. The van der Waals surface area contributed by atoms with Crippen LogP contribution in [0.1, 0.15) is 57.4 Å². The van der Waals surface area contributed by atoms with E-state index < -0.39 is 0 Å². The number of aryl methyl sites for hydroxylation is 1. The minimum atomic E-state index is 0.00256.